The Bertz CT molecular complexity index is 912. The van der Waals surface area contributed by atoms with Gasteiger partial charge in [0.2, 0.25) is 15.7 Å². The average Bonchev–Trinajstić information content (AvgIpc) is 3.23. The fourth-order valence-corrected chi connectivity index (χ4v) is 5.26. The molecule has 1 aromatic carbocycles. The van der Waals surface area contributed by atoms with Crippen molar-refractivity contribution in [3.8, 4) is 0 Å². The molecular formula is C17H20FN3O3S. The third-order valence-corrected chi connectivity index (χ3v) is 6.87. The largest absolute Gasteiger partial charge is 0.336 e. The Morgan fingerprint density at radius 1 is 1.24 bits per heavy atom. The topological polar surface area (TPSA) is 76.3 Å². The van der Waals surface area contributed by atoms with Crippen molar-refractivity contribution in [2.45, 2.75) is 49.6 Å². The molecule has 1 aliphatic heterocycles. The van der Waals surface area contributed by atoms with Gasteiger partial charge in [0.25, 0.3) is 5.89 Å². The maximum absolute atomic E-state index is 15.3. The molecule has 6 nitrogen and oxygen atoms in total. The summed E-state index contributed by atoms with van der Waals surface area (Å²) >= 11 is 0. The second-order valence-corrected chi connectivity index (χ2v) is 8.78. The van der Waals surface area contributed by atoms with Crippen molar-refractivity contribution in [3.05, 3.63) is 41.0 Å². The Morgan fingerprint density at radius 3 is 2.80 bits per heavy atom. The van der Waals surface area contributed by atoms with E-state index in [9.17, 15) is 8.42 Å². The Balaban J connectivity index is 1.64. The minimum absolute atomic E-state index is 0.140. The van der Waals surface area contributed by atoms with Gasteiger partial charge in [-0.25, -0.2) is 12.8 Å². The second kappa shape index (κ2) is 5.88. The molecule has 1 aliphatic carbocycles. The van der Waals surface area contributed by atoms with Crippen molar-refractivity contribution < 1.29 is 17.3 Å². The molecule has 0 amide bonds. The summed E-state index contributed by atoms with van der Waals surface area (Å²) in [5.41, 5.74) is 0.347. The summed E-state index contributed by atoms with van der Waals surface area (Å²) in [5.74, 6) is 0.199. The lowest BCUT2D eigenvalue weighted by molar-refractivity contribution is 0.0470. The number of rotatable bonds is 3. The number of benzene rings is 1. The average molecular weight is 365 g/mol. The molecule has 1 unspecified atom stereocenters. The zero-order valence-electron chi connectivity index (χ0n) is 14.0. The minimum atomic E-state index is -3.75. The lowest BCUT2D eigenvalue weighted by Crippen LogP contribution is -2.46. The summed E-state index contributed by atoms with van der Waals surface area (Å²) in [6.45, 7) is 1.60. The van der Waals surface area contributed by atoms with Crippen LogP contribution in [0, 0.1) is 6.92 Å². The van der Waals surface area contributed by atoms with Gasteiger partial charge in [-0.05, 0) is 62.3 Å². The molecule has 0 radical (unpaired) electrons. The van der Waals surface area contributed by atoms with Gasteiger partial charge >= 0.3 is 0 Å². The van der Waals surface area contributed by atoms with E-state index in [1.165, 1.54) is 9.87 Å². The number of nitrogens with zero attached hydrogens (tertiary/aromatic N) is 3. The van der Waals surface area contributed by atoms with E-state index in [0.29, 0.717) is 12.2 Å². The van der Waals surface area contributed by atoms with Gasteiger partial charge in [-0.15, -0.1) is 0 Å². The van der Waals surface area contributed by atoms with Gasteiger partial charge in [0.1, 0.15) is 0 Å². The Labute approximate surface area is 146 Å². The highest BCUT2D eigenvalue weighted by molar-refractivity contribution is 7.89. The first kappa shape index (κ1) is 16.7. The minimum Gasteiger partial charge on any atom is -0.336 e. The molecule has 1 aromatic heterocycles. The summed E-state index contributed by atoms with van der Waals surface area (Å²) in [6.07, 6.45) is 3.51. The number of aryl methyl sites for hydroxylation is 3. The molecule has 2 aliphatic rings. The maximum atomic E-state index is 15.3. The van der Waals surface area contributed by atoms with Crippen LogP contribution in [0.2, 0.25) is 0 Å². The molecule has 134 valence electrons. The number of halogens is 1. The van der Waals surface area contributed by atoms with Gasteiger partial charge in [-0.2, -0.15) is 9.29 Å². The maximum Gasteiger partial charge on any atom is 0.265 e. The normalized spacial score (nSPS) is 24.4. The van der Waals surface area contributed by atoms with Crippen molar-refractivity contribution in [1.29, 1.82) is 0 Å². The highest BCUT2D eigenvalue weighted by atomic mass is 32.2. The Morgan fingerprint density at radius 2 is 2.04 bits per heavy atom. The SMILES string of the molecule is Cc1noc(C2(F)CCCN(S(=O)(=O)c3ccc4c(c3)CCC4)C2)n1. The monoisotopic (exact) mass is 365 g/mol. The van der Waals surface area contributed by atoms with Crippen molar-refractivity contribution in [1.82, 2.24) is 14.4 Å². The van der Waals surface area contributed by atoms with Crippen molar-refractivity contribution in [2.75, 3.05) is 13.1 Å². The molecule has 1 atom stereocenters. The van der Waals surface area contributed by atoms with Crippen molar-refractivity contribution in [3.63, 3.8) is 0 Å². The predicted octanol–water partition coefficient (Wildman–Crippen LogP) is 2.52. The van der Waals surface area contributed by atoms with E-state index in [0.717, 1.165) is 24.8 Å². The molecular weight excluding hydrogens is 345 g/mol. The van der Waals surface area contributed by atoms with E-state index in [4.69, 9.17) is 4.52 Å². The van der Waals surface area contributed by atoms with Crippen LogP contribution in [0.1, 0.15) is 42.1 Å². The molecule has 0 saturated carbocycles. The van der Waals surface area contributed by atoms with Gasteiger partial charge in [0.05, 0.1) is 11.4 Å². The molecule has 2 aromatic rings. The standard InChI is InChI=1S/C17H20FN3O3S/c1-12-19-16(24-20-12)17(18)8-3-9-21(11-17)25(22,23)15-7-6-13-4-2-5-14(13)10-15/h6-7,10H,2-5,8-9,11H2,1H3. The fraction of sp³-hybridized carbons (Fsp3) is 0.529. The predicted molar refractivity (Wildman–Crippen MR) is 88.3 cm³/mol. The van der Waals surface area contributed by atoms with E-state index in [2.05, 4.69) is 10.1 Å². The van der Waals surface area contributed by atoms with Crippen LogP contribution >= 0.6 is 0 Å². The molecule has 1 fully saturated rings. The van der Waals surface area contributed by atoms with Crippen LogP contribution in [0.5, 0.6) is 0 Å². The molecule has 8 heteroatoms. The first-order valence-electron chi connectivity index (χ1n) is 8.50. The highest BCUT2D eigenvalue weighted by Crippen LogP contribution is 2.37. The zero-order chi connectivity index (χ0) is 17.7. The van der Waals surface area contributed by atoms with Crippen molar-refractivity contribution >= 4 is 10.0 Å². The Hall–Kier alpha value is -1.80. The summed E-state index contributed by atoms with van der Waals surface area (Å²) in [4.78, 5) is 4.20. The number of aromatic nitrogens is 2. The molecule has 25 heavy (non-hydrogen) atoms. The van der Waals surface area contributed by atoms with Gasteiger partial charge in [-0.3, -0.25) is 0 Å². The van der Waals surface area contributed by atoms with Crippen LogP contribution < -0.4 is 0 Å². The summed E-state index contributed by atoms with van der Waals surface area (Å²) in [7, 11) is -3.75. The van der Waals surface area contributed by atoms with E-state index in [-0.39, 0.29) is 30.3 Å². The summed E-state index contributed by atoms with van der Waals surface area (Å²) < 4.78 is 47.5. The molecule has 0 N–H and O–H groups in total. The van der Waals surface area contributed by atoms with Gasteiger partial charge in [0, 0.05) is 6.54 Å². The van der Waals surface area contributed by atoms with E-state index < -0.39 is 15.7 Å². The molecule has 0 spiro atoms. The quantitative estimate of drug-likeness (QED) is 0.835. The smallest absolute Gasteiger partial charge is 0.265 e. The van der Waals surface area contributed by atoms with E-state index in [1.807, 2.05) is 6.07 Å². The molecule has 4 rings (SSSR count). The lowest BCUT2D eigenvalue weighted by Gasteiger charge is -2.34. The molecule has 1 saturated heterocycles. The van der Waals surface area contributed by atoms with Gasteiger partial charge < -0.3 is 4.52 Å². The number of alkyl halides is 1. The number of sulfonamides is 1. The first-order chi connectivity index (χ1) is 11.9. The Kier molecular flexibility index (Phi) is 3.92. The van der Waals surface area contributed by atoms with Crippen LogP contribution in [-0.4, -0.2) is 36.0 Å². The van der Waals surface area contributed by atoms with Crippen molar-refractivity contribution in [2.24, 2.45) is 0 Å². The van der Waals surface area contributed by atoms with Crippen LogP contribution in [0.3, 0.4) is 0 Å². The zero-order valence-corrected chi connectivity index (χ0v) is 14.9. The molecule has 2 heterocycles. The van der Waals surface area contributed by atoms with Crippen LogP contribution in [0.15, 0.2) is 27.6 Å². The number of hydrogen-bond acceptors (Lipinski definition) is 5. The molecule has 0 bridgehead atoms. The number of hydrogen-bond donors (Lipinski definition) is 0. The number of fused-ring (bicyclic) bond motifs is 1. The third kappa shape index (κ3) is 2.87. The van der Waals surface area contributed by atoms with Crippen LogP contribution in [0.4, 0.5) is 4.39 Å². The van der Waals surface area contributed by atoms with Crippen LogP contribution in [0.25, 0.3) is 0 Å². The summed E-state index contributed by atoms with van der Waals surface area (Å²) in [5, 5.41) is 3.63. The van der Waals surface area contributed by atoms with Gasteiger partial charge in [0.15, 0.2) is 5.82 Å². The van der Waals surface area contributed by atoms with E-state index in [1.54, 1.807) is 19.1 Å². The lowest BCUT2D eigenvalue weighted by atomic mass is 9.96. The first-order valence-corrected chi connectivity index (χ1v) is 9.94. The highest BCUT2D eigenvalue weighted by Gasteiger charge is 2.45. The third-order valence-electron chi connectivity index (χ3n) is 5.03. The second-order valence-electron chi connectivity index (χ2n) is 6.84. The number of piperidine rings is 1. The van der Waals surface area contributed by atoms with E-state index >= 15 is 4.39 Å². The van der Waals surface area contributed by atoms with Gasteiger partial charge in [-0.1, -0.05) is 11.2 Å². The fourth-order valence-electron chi connectivity index (χ4n) is 3.69. The summed E-state index contributed by atoms with van der Waals surface area (Å²) in [6, 6.07) is 5.25. The van der Waals surface area contributed by atoms with Crippen LogP contribution in [-0.2, 0) is 28.5 Å².